The van der Waals surface area contributed by atoms with Crippen molar-refractivity contribution in [3.63, 3.8) is 0 Å². The van der Waals surface area contributed by atoms with E-state index in [1.54, 1.807) is 14.0 Å². The molecule has 0 unspecified atom stereocenters. The minimum Gasteiger partial charge on any atom is -0.493 e. The number of aliphatic hydroxyl groups is 1. The van der Waals surface area contributed by atoms with E-state index in [4.69, 9.17) is 9.47 Å². The summed E-state index contributed by atoms with van der Waals surface area (Å²) in [7, 11) is 1.70. The summed E-state index contributed by atoms with van der Waals surface area (Å²) in [6.07, 6.45) is 1.40. The molecular formula is C13H19BrO3. The van der Waals surface area contributed by atoms with E-state index in [1.807, 2.05) is 18.2 Å². The summed E-state index contributed by atoms with van der Waals surface area (Å²) < 4.78 is 11.6. The Morgan fingerprint density at radius 2 is 2.00 bits per heavy atom. The van der Waals surface area contributed by atoms with Gasteiger partial charge in [-0.05, 0) is 38.0 Å². The number of halogens is 1. The Labute approximate surface area is 111 Å². The van der Waals surface area contributed by atoms with Gasteiger partial charge in [-0.3, -0.25) is 0 Å². The van der Waals surface area contributed by atoms with Gasteiger partial charge in [0.25, 0.3) is 0 Å². The summed E-state index contributed by atoms with van der Waals surface area (Å²) in [6.45, 7) is 3.14. The Balaban J connectivity index is 2.52. The van der Waals surface area contributed by atoms with Gasteiger partial charge in [0.2, 0.25) is 0 Å². The zero-order valence-corrected chi connectivity index (χ0v) is 11.9. The fourth-order valence-electron chi connectivity index (χ4n) is 1.51. The normalized spacial score (nSPS) is 12.5. The number of ether oxygens (including phenoxy) is 2. The SMILES string of the molecule is COCCCCOc1ccc(Br)cc1[C@@H](C)O. The highest BCUT2D eigenvalue weighted by molar-refractivity contribution is 9.10. The molecule has 0 saturated heterocycles. The monoisotopic (exact) mass is 302 g/mol. The van der Waals surface area contributed by atoms with Crippen molar-refractivity contribution in [3.05, 3.63) is 28.2 Å². The molecule has 1 rings (SSSR count). The average Bonchev–Trinajstić information content (AvgIpc) is 2.30. The van der Waals surface area contributed by atoms with Crippen LogP contribution in [0.5, 0.6) is 5.75 Å². The lowest BCUT2D eigenvalue weighted by atomic mass is 10.1. The van der Waals surface area contributed by atoms with Crippen molar-refractivity contribution in [2.75, 3.05) is 20.3 Å². The van der Waals surface area contributed by atoms with Crippen LogP contribution in [0.3, 0.4) is 0 Å². The topological polar surface area (TPSA) is 38.7 Å². The molecule has 4 heteroatoms. The number of rotatable bonds is 7. The zero-order chi connectivity index (χ0) is 12.7. The molecule has 0 aromatic heterocycles. The summed E-state index contributed by atoms with van der Waals surface area (Å²) in [6, 6.07) is 5.67. The Morgan fingerprint density at radius 1 is 1.29 bits per heavy atom. The molecule has 0 heterocycles. The lowest BCUT2D eigenvalue weighted by molar-refractivity contribution is 0.178. The maximum absolute atomic E-state index is 9.65. The maximum atomic E-state index is 9.65. The van der Waals surface area contributed by atoms with E-state index in [2.05, 4.69) is 15.9 Å². The van der Waals surface area contributed by atoms with Crippen LogP contribution in [0, 0.1) is 0 Å². The quantitative estimate of drug-likeness (QED) is 0.785. The third-order valence-electron chi connectivity index (χ3n) is 2.42. The standard InChI is InChI=1S/C13H19BrO3/c1-10(15)12-9-11(14)5-6-13(12)17-8-4-3-7-16-2/h5-6,9-10,15H,3-4,7-8H2,1-2H3/t10-/m1/s1. The number of methoxy groups -OCH3 is 1. The molecule has 0 amide bonds. The van der Waals surface area contributed by atoms with E-state index < -0.39 is 6.10 Å². The molecule has 96 valence electrons. The van der Waals surface area contributed by atoms with Gasteiger partial charge in [-0.2, -0.15) is 0 Å². The molecule has 0 aliphatic rings. The van der Waals surface area contributed by atoms with Crippen molar-refractivity contribution in [2.45, 2.75) is 25.9 Å². The van der Waals surface area contributed by atoms with Gasteiger partial charge in [-0.1, -0.05) is 15.9 Å². The average molecular weight is 303 g/mol. The first kappa shape index (κ1) is 14.5. The number of aliphatic hydroxyl groups excluding tert-OH is 1. The van der Waals surface area contributed by atoms with Gasteiger partial charge in [0.1, 0.15) is 5.75 Å². The fraction of sp³-hybridized carbons (Fsp3) is 0.538. The molecule has 0 fully saturated rings. The van der Waals surface area contributed by atoms with Crippen molar-refractivity contribution in [3.8, 4) is 5.75 Å². The molecule has 1 aromatic carbocycles. The summed E-state index contributed by atoms with van der Waals surface area (Å²) in [4.78, 5) is 0. The summed E-state index contributed by atoms with van der Waals surface area (Å²) in [5.74, 6) is 0.751. The van der Waals surface area contributed by atoms with Gasteiger partial charge in [0, 0.05) is 23.8 Å². The molecule has 3 nitrogen and oxygen atoms in total. The molecule has 17 heavy (non-hydrogen) atoms. The van der Waals surface area contributed by atoms with E-state index in [-0.39, 0.29) is 0 Å². The summed E-state index contributed by atoms with van der Waals surface area (Å²) in [5.41, 5.74) is 0.811. The minimum atomic E-state index is -0.526. The van der Waals surface area contributed by atoms with Crippen LogP contribution < -0.4 is 4.74 Å². The number of hydrogen-bond acceptors (Lipinski definition) is 3. The van der Waals surface area contributed by atoms with Gasteiger partial charge in [0.15, 0.2) is 0 Å². The molecule has 0 aliphatic heterocycles. The second kappa shape index (κ2) is 7.69. The van der Waals surface area contributed by atoms with E-state index in [0.29, 0.717) is 6.61 Å². The fourth-order valence-corrected chi connectivity index (χ4v) is 1.89. The molecule has 0 spiro atoms. The Bertz CT molecular complexity index is 339. The largest absolute Gasteiger partial charge is 0.493 e. The van der Waals surface area contributed by atoms with Crippen LogP contribution in [0.1, 0.15) is 31.4 Å². The summed E-state index contributed by atoms with van der Waals surface area (Å²) in [5, 5.41) is 9.65. The molecule has 1 aromatic rings. The highest BCUT2D eigenvalue weighted by Crippen LogP contribution is 2.28. The van der Waals surface area contributed by atoms with Crippen LogP contribution in [-0.2, 0) is 4.74 Å². The molecule has 0 saturated carbocycles. The van der Waals surface area contributed by atoms with Crippen LogP contribution in [0.25, 0.3) is 0 Å². The lowest BCUT2D eigenvalue weighted by Gasteiger charge is -2.13. The van der Waals surface area contributed by atoms with E-state index >= 15 is 0 Å². The first-order valence-corrected chi connectivity index (χ1v) is 6.53. The Morgan fingerprint density at radius 3 is 2.65 bits per heavy atom. The van der Waals surface area contributed by atoms with Gasteiger partial charge in [0.05, 0.1) is 12.7 Å². The molecular weight excluding hydrogens is 284 g/mol. The molecule has 1 N–H and O–H groups in total. The van der Waals surface area contributed by atoms with Gasteiger partial charge in [-0.15, -0.1) is 0 Å². The van der Waals surface area contributed by atoms with Gasteiger partial charge >= 0.3 is 0 Å². The second-order valence-electron chi connectivity index (χ2n) is 3.91. The second-order valence-corrected chi connectivity index (χ2v) is 4.82. The van der Waals surface area contributed by atoms with Crippen LogP contribution in [-0.4, -0.2) is 25.4 Å². The third kappa shape index (κ3) is 5.06. The predicted octanol–water partition coefficient (Wildman–Crippen LogP) is 3.31. The van der Waals surface area contributed by atoms with Crippen LogP contribution in [0.15, 0.2) is 22.7 Å². The van der Waals surface area contributed by atoms with Crippen LogP contribution in [0.2, 0.25) is 0 Å². The third-order valence-corrected chi connectivity index (χ3v) is 2.92. The van der Waals surface area contributed by atoms with Crippen molar-refractivity contribution in [2.24, 2.45) is 0 Å². The highest BCUT2D eigenvalue weighted by Gasteiger charge is 2.09. The van der Waals surface area contributed by atoms with Crippen molar-refractivity contribution < 1.29 is 14.6 Å². The first-order valence-electron chi connectivity index (χ1n) is 5.74. The number of hydrogen-bond donors (Lipinski definition) is 1. The van der Waals surface area contributed by atoms with Gasteiger partial charge < -0.3 is 14.6 Å². The molecule has 0 radical (unpaired) electrons. The highest BCUT2D eigenvalue weighted by atomic mass is 79.9. The zero-order valence-electron chi connectivity index (χ0n) is 10.3. The minimum absolute atomic E-state index is 0.526. The Hall–Kier alpha value is -0.580. The first-order chi connectivity index (χ1) is 8.15. The summed E-state index contributed by atoms with van der Waals surface area (Å²) >= 11 is 3.38. The number of unbranched alkanes of at least 4 members (excludes halogenated alkanes) is 1. The smallest absolute Gasteiger partial charge is 0.125 e. The molecule has 1 atom stereocenters. The van der Waals surface area contributed by atoms with Crippen molar-refractivity contribution >= 4 is 15.9 Å². The van der Waals surface area contributed by atoms with E-state index in [1.165, 1.54) is 0 Å². The van der Waals surface area contributed by atoms with E-state index in [9.17, 15) is 5.11 Å². The lowest BCUT2D eigenvalue weighted by Crippen LogP contribution is -2.03. The number of benzene rings is 1. The van der Waals surface area contributed by atoms with Crippen molar-refractivity contribution in [1.29, 1.82) is 0 Å². The maximum Gasteiger partial charge on any atom is 0.125 e. The van der Waals surface area contributed by atoms with Crippen molar-refractivity contribution in [1.82, 2.24) is 0 Å². The van der Waals surface area contributed by atoms with Crippen LogP contribution in [0.4, 0.5) is 0 Å². The Kier molecular flexibility index (Phi) is 6.55. The molecule has 0 aliphatic carbocycles. The van der Waals surface area contributed by atoms with Gasteiger partial charge in [-0.25, -0.2) is 0 Å². The predicted molar refractivity (Wildman–Crippen MR) is 71.4 cm³/mol. The van der Waals surface area contributed by atoms with Crippen LogP contribution >= 0.6 is 15.9 Å². The molecule has 0 bridgehead atoms. The van der Waals surface area contributed by atoms with E-state index in [0.717, 1.165) is 35.2 Å².